The van der Waals surface area contributed by atoms with Crippen LogP contribution in [-0.2, 0) is 0 Å². The fourth-order valence-corrected chi connectivity index (χ4v) is 0.898. The van der Waals surface area contributed by atoms with E-state index in [0.717, 1.165) is 5.52 Å². The largest absolute Gasteiger partial charge is 0.479 e. The summed E-state index contributed by atoms with van der Waals surface area (Å²) in [5.41, 5.74) is 1.35. The van der Waals surface area contributed by atoms with E-state index in [4.69, 9.17) is 4.74 Å². The molecule has 0 aliphatic rings. The zero-order valence-corrected chi connectivity index (χ0v) is 6.61. The van der Waals surface area contributed by atoms with Crippen LogP contribution in [0.25, 0.3) is 11.2 Å². The molecule has 0 saturated carbocycles. The Morgan fingerprint density at radius 2 is 2.17 bits per heavy atom. The Hall–Kier alpha value is -1.69. The highest BCUT2D eigenvalue weighted by atomic mass is 16.5. The summed E-state index contributed by atoms with van der Waals surface area (Å²) in [6, 6.07) is 0. The van der Waals surface area contributed by atoms with Crippen molar-refractivity contribution >= 4 is 11.2 Å². The molecule has 0 atom stereocenters. The number of rotatable bonds is 1. The second kappa shape index (κ2) is 3.14. The fraction of sp³-hybridized carbons (Fsp3) is 0.167. The highest BCUT2D eigenvalue weighted by Crippen LogP contribution is 2.15. The summed E-state index contributed by atoms with van der Waals surface area (Å²) in [4.78, 5) is 14.6. The first-order chi connectivity index (χ1) is 5.42. The van der Waals surface area contributed by atoms with Crippen molar-refractivity contribution in [2.24, 2.45) is 0 Å². The number of nitrogens with one attached hydrogen (secondary N) is 1. The van der Waals surface area contributed by atoms with Crippen LogP contribution in [0.2, 0.25) is 0 Å². The molecule has 0 unspecified atom stereocenters. The molecule has 0 saturated heterocycles. The van der Waals surface area contributed by atoms with Crippen LogP contribution >= 0.6 is 0 Å². The van der Waals surface area contributed by atoms with Crippen LogP contribution in [-0.4, -0.2) is 27.0 Å². The predicted octanol–water partition coefficient (Wildman–Crippen LogP) is 0.523. The first-order valence-corrected chi connectivity index (χ1v) is 3.10. The van der Waals surface area contributed by atoms with Crippen LogP contribution in [0.1, 0.15) is 0 Å². The SMILES string of the molecule is COc1ncnc2nc[nH]c12.N. The van der Waals surface area contributed by atoms with E-state index < -0.39 is 0 Å². The van der Waals surface area contributed by atoms with Gasteiger partial charge in [-0.15, -0.1) is 0 Å². The molecule has 0 amide bonds. The minimum absolute atomic E-state index is 0. The van der Waals surface area contributed by atoms with Crippen molar-refractivity contribution in [1.82, 2.24) is 26.1 Å². The summed E-state index contributed by atoms with van der Waals surface area (Å²) in [7, 11) is 1.56. The van der Waals surface area contributed by atoms with Crippen molar-refractivity contribution in [3.05, 3.63) is 12.7 Å². The first-order valence-electron chi connectivity index (χ1n) is 3.10. The average molecular weight is 167 g/mol. The number of methoxy groups -OCH3 is 1. The number of aromatic amines is 1. The lowest BCUT2D eigenvalue weighted by Crippen LogP contribution is -1.89. The molecular formula is C6H9N5O. The summed E-state index contributed by atoms with van der Waals surface area (Å²) in [5.74, 6) is 0.521. The Labute approximate surface area is 68.6 Å². The van der Waals surface area contributed by atoms with Crippen molar-refractivity contribution in [3.63, 3.8) is 0 Å². The molecule has 0 aliphatic heterocycles. The molecule has 0 spiro atoms. The van der Waals surface area contributed by atoms with Gasteiger partial charge in [0.25, 0.3) is 0 Å². The Morgan fingerprint density at radius 3 is 2.92 bits per heavy atom. The molecule has 12 heavy (non-hydrogen) atoms. The number of hydrogen-bond acceptors (Lipinski definition) is 5. The summed E-state index contributed by atoms with van der Waals surface area (Å²) in [5, 5.41) is 0. The van der Waals surface area contributed by atoms with Crippen LogP contribution in [0.3, 0.4) is 0 Å². The van der Waals surface area contributed by atoms with E-state index in [9.17, 15) is 0 Å². The standard InChI is InChI=1S/C6H6N4O.H3N/c1-11-6-4-5(8-2-7-4)9-3-10-6;/h2-3H,1H3,(H,7,8,9,10);1H3. The number of imidazole rings is 1. The summed E-state index contributed by atoms with van der Waals surface area (Å²) in [6.45, 7) is 0. The maximum absolute atomic E-state index is 4.96. The van der Waals surface area contributed by atoms with Gasteiger partial charge >= 0.3 is 0 Å². The van der Waals surface area contributed by atoms with Gasteiger partial charge in [0.2, 0.25) is 5.88 Å². The number of hydrogen-bond donors (Lipinski definition) is 2. The molecule has 2 aromatic heterocycles. The molecule has 6 heteroatoms. The smallest absolute Gasteiger partial charge is 0.242 e. The zero-order valence-electron chi connectivity index (χ0n) is 6.61. The molecule has 0 bridgehead atoms. The van der Waals surface area contributed by atoms with E-state index in [2.05, 4.69) is 19.9 Å². The molecule has 2 rings (SSSR count). The van der Waals surface area contributed by atoms with Gasteiger partial charge in [-0.05, 0) is 0 Å². The Kier molecular flexibility index (Phi) is 2.20. The molecule has 2 heterocycles. The Balaban J connectivity index is 0.000000720. The van der Waals surface area contributed by atoms with E-state index in [-0.39, 0.29) is 6.15 Å². The third kappa shape index (κ3) is 1.08. The van der Waals surface area contributed by atoms with Gasteiger partial charge in [-0.2, -0.15) is 4.98 Å². The van der Waals surface area contributed by atoms with E-state index >= 15 is 0 Å². The molecule has 64 valence electrons. The van der Waals surface area contributed by atoms with Crippen molar-refractivity contribution in [2.75, 3.05) is 7.11 Å². The third-order valence-corrected chi connectivity index (χ3v) is 1.38. The van der Waals surface area contributed by atoms with E-state index in [0.29, 0.717) is 11.5 Å². The Bertz CT molecular complexity index is 371. The fourth-order valence-electron chi connectivity index (χ4n) is 0.898. The first kappa shape index (κ1) is 8.41. The number of H-pyrrole nitrogens is 1. The number of ether oxygens (including phenoxy) is 1. The van der Waals surface area contributed by atoms with Gasteiger partial charge in [-0.3, -0.25) is 0 Å². The van der Waals surface area contributed by atoms with Crippen LogP contribution in [0.15, 0.2) is 12.7 Å². The van der Waals surface area contributed by atoms with Gasteiger partial charge in [0.1, 0.15) is 11.8 Å². The van der Waals surface area contributed by atoms with Crippen molar-refractivity contribution < 1.29 is 4.74 Å². The van der Waals surface area contributed by atoms with Gasteiger partial charge in [-0.1, -0.05) is 0 Å². The van der Waals surface area contributed by atoms with Crippen molar-refractivity contribution in [2.45, 2.75) is 0 Å². The molecular weight excluding hydrogens is 158 g/mol. The highest BCUT2D eigenvalue weighted by Gasteiger charge is 2.03. The minimum atomic E-state index is 0. The quantitative estimate of drug-likeness (QED) is 0.645. The molecule has 0 aromatic carbocycles. The zero-order chi connectivity index (χ0) is 7.68. The van der Waals surface area contributed by atoms with Gasteiger partial charge < -0.3 is 15.9 Å². The molecule has 0 fully saturated rings. The summed E-state index contributed by atoms with van der Waals surface area (Å²) < 4.78 is 4.96. The number of aromatic nitrogens is 4. The van der Waals surface area contributed by atoms with Crippen molar-refractivity contribution in [1.29, 1.82) is 0 Å². The van der Waals surface area contributed by atoms with Crippen LogP contribution in [0, 0.1) is 0 Å². The van der Waals surface area contributed by atoms with Gasteiger partial charge in [0.05, 0.1) is 13.4 Å². The van der Waals surface area contributed by atoms with Crippen LogP contribution in [0.5, 0.6) is 5.88 Å². The van der Waals surface area contributed by atoms with Gasteiger partial charge in [0.15, 0.2) is 5.65 Å². The van der Waals surface area contributed by atoms with Crippen molar-refractivity contribution in [3.8, 4) is 5.88 Å². The topological polar surface area (TPSA) is 98.7 Å². The number of nitrogens with zero attached hydrogens (tertiary/aromatic N) is 3. The molecule has 0 radical (unpaired) electrons. The molecule has 4 N–H and O–H groups in total. The summed E-state index contributed by atoms with van der Waals surface area (Å²) in [6.07, 6.45) is 2.98. The molecule has 2 aromatic rings. The maximum Gasteiger partial charge on any atom is 0.242 e. The normalized spacial score (nSPS) is 9.42. The highest BCUT2D eigenvalue weighted by molar-refractivity contribution is 5.74. The monoisotopic (exact) mass is 167 g/mol. The lowest BCUT2D eigenvalue weighted by atomic mass is 10.5. The lowest BCUT2D eigenvalue weighted by Gasteiger charge is -1.95. The third-order valence-electron chi connectivity index (χ3n) is 1.38. The molecule has 0 aliphatic carbocycles. The predicted molar refractivity (Wildman–Crippen MR) is 43.3 cm³/mol. The van der Waals surface area contributed by atoms with Crippen LogP contribution < -0.4 is 10.9 Å². The van der Waals surface area contributed by atoms with E-state index in [1.165, 1.54) is 6.33 Å². The van der Waals surface area contributed by atoms with E-state index in [1.54, 1.807) is 13.4 Å². The second-order valence-electron chi connectivity index (χ2n) is 1.98. The summed E-state index contributed by atoms with van der Waals surface area (Å²) >= 11 is 0. The van der Waals surface area contributed by atoms with Crippen LogP contribution in [0.4, 0.5) is 0 Å². The number of fused-ring (bicyclic) bond motifs is 1. The Morgan fingerprint density at radius 1 is 1.33 bits per heavy atom. The molecule has 6 nitrogen and oxygen atoms in total. The average Bonchev–Trinajstić information content (AvgIpc) is 2.50. The maximum atomic E-state index is 4.96. The minimum Gasteiger partial charge on any atom is -0.479 e. The second-order valence-corrected chi connectivity index (χ2v) is 1.98. The van der Waals surface area contributed by atoms with E-state index in [1.807, 2.05) is 0 Å². The van der Waals surface area contributed by atoms with Gasteiger partial charge in [-0.25, -0.2) is 9.97 Å². The lowest BCUT2D eigenvalue weighted by molar-refractivity contribution is 0.401. The van der Waals surface area contributed by atoms with Gasteiger partial charge in [0, 0.05) is 0 Å².